The Morgan fingerprint density at radius 2 is 2.06 bits per heavy atom. The molecular formula is C11H10ClN3OS. The lowest BCUT2D eigenvalue weighted by Crippen LogP contribution is -2.17. The fourth-order valence-corrected chi connectivity index (χ4v) is 2.08. The van der Waals surface area contributed by atoms with Gasteiger partial charge in [0.25, 0.3) is 0 Å². The van der Waals surface area contributed by atoms with Crippen LogP contribution in [0.15, 0.2) is 30.3 Å². The van der Waals surface area contributed by atoms with Crippen molar-refractivity contribution in [2.45, 2.75) is 12.3 Å². The second-order valence-electron chi connectivity index (χ2n) is 3.39. The number of carbonyl (C=O) groups excluding carboxylic acids is 1. The molecular weight excluding hydrogens is 258 g/mol. The van der Waals surface area contributed by atoms with E-state index in [1.54, 1.807) is 0 Å². The molecule has 0 aliphatic heterocycles. The van der Waals surface area contributed by atoms with Crippen molar-refractivity contribution in [2.75, 3.05) is 5.32 Å². The molecule has 0 spiro atoms. The molecule has 4 nitrogen and oxygen atoms in total. The van der Waals surface area contributed by atoms with Crippen LogP contribution < -0.4 is 5.32 Å². The highest BCUT2D eigenvalue weighted by Gasteiger charge is 2.18. The Bertz CT molecular complexity index is 514. The smallest absolute Gasteiger partial charge is 0.248 e. The maximum Gasteiger partial charge on any atom is 0.248 e. The first-order chi connectivity index (χ1) is 8.16. The normalized spacial score (nSPS) is 12.1. The molecule has 1 heterocycles. The number of amides is 1. The van der Waals surface area contributed by atoms with E-state index >= 15 is 0 Å². The molecule has 0 bridgehead atoms. The van der Waals surface area contributed by atoms with Crippen molar-refractivity contribution in [1.29, 1.82) is 0 Å². The van der Waals surface area contributed by atoms with Crippen molar-refractivity contribution in [3.63, 3.8) is 0 Å². The monoisotopic (exact) mass is 267 g/mol. The first-order valence-electron chi connectivity index (χ1n) is 4.97. The van der Waals surface area contributed by atoms with Crippen LogP contribution in [0.4, 0.5) is 5.13 Å². The first-order valence-corrected chi connectivity index (χ1v) is 6.22. The Hall–Kier alpha value is -1.46. The fourth-order valence-electron chi connectivity index (χ4n) is 1.29. The number of rotatable bonds is 3. The summed E-state index contributed by atoms with van der Waals surface area (Å²) in [5.41, 5.74) is 0.757. The highest BCUT2D eigenvalue weighted by molar-refractivity contribution is 7.15. The third-order valence-corrected chi connectivity index (χ3v) is 3.28. The number of benzene rings is 1. The largest absolute Gasteiger partial charge is 0.299 e. The zero-order valence-corrected chi connectivity index (χ0v) is 10.6. The van der Waals surface area contributed by atoms with Crippen LogP contribution in [0.1, 0.15) is 15.9 Å². The topological polar surface area (TPSA) is 54.9 Å². The lowest BCUT2D eigenvalue weighted by molar-refractivity contribution is -0.116. The minimum Gasteiger partial charge on any atom is -0.299 e. The van der Waals surface area contributed by atoms with Gasteiger partial charge in [0.2, 0.25) is 11.0 Å². The predicted octanol–water partition coefficient (Wildman–Crippen LogP) is 2.77. The number of nitrogens with zero attached hydrogens (tertiary/aromatic N) is 2. The zero-order chi connectivity index (χ0) is 12.3. The minimum atomic E-state index is -0.722. The maximum absolute atomic E-state index is 11.8. The van der Waals surface area contributed by atoms with Crippen molar-refractivity contribution < 1.29 is 4.79 Å². The Kier molecular flexibility index (Phi) is 3.71. The van der Waals surface area contributed by atoms with Crippen LogP contribution in [0, 0.1) is 6.92 Å². The predicted molar refractivity (Wildman–Crippen MR) is 68.3 cm³/mol. The van der Waals surface area contributed by atoms with Crippen LogP contribution in [0.2, 0.25) is 0 Å². The molecule has 2 rings (SSSR count). The van der Waals surface area contributed by atoms with Crippen LogP contribution in [0.25, 0.3) is 0 Å². The van der Waals surface area contributed by atoms with Crippen molar-refractivity contribution in [1.82, 2.24) is 10.2 Å². The SMILES string of the molecule is Cc1nnc(NC(=O)C(Cl)c2ccccc2)s1. The van der Waals surface area contributed by atoms with Gasteiger partial charge in [-0.2, -0.15) is 0 Å². The first kappa shape index (κ1) is 12.0. The lowest BCUT2D eigenvalue weighted by Gasteiger charge is -2.08. The van der Waals surface area contributed by atoms with Gasteiger partial charge < -0.3 is 0 Å². The average molecular weight is 268 g/mol. The summed E-state index contributed by atoms with van der Waals surface area (Å²) in [6.45, 7) is 1.82. The van der Waals surface area contributed by atoms with Gasteiger partial charge in [0.1, 0.15) is 10.4 Å². The second-order valence-corrected chi connectivity index (χ2v) is 5.01. The van der Waals surface area contributed by atoms with Crippen molar-refractivity contribution in [3.8, 4) is 0 Å². The zero-order valence-electron chi connectivity index (χ0n) is 9.05. The van der Waals surface area contributed by atoms with Crippen LogP contribution in [0.5, 0.6) is 0 Å². The standard InChI is InChI=1S/C11H10ClN3OS/c1-7-14-15-11(17-7)13-10(16)9(12)8-5-3-2-4-6-8/h2-6,9H,1H3,(H,13,15,16). The van der Waals surface area contributed by atoms with Gasteiger partial charge in [-0.1, -0.05) is 41.7 Å². The number of anilines is 1. The number of carbonyl (C=O) groups is 1. The number of hydrogen-bond donors (Lipinski definition) is 1. The van der Waals surface area contributed by atoms with Crippen LogP contribution >= 0.6 is 22.9 Å². The molecule has 0 radical (unpaired) electrons. The van der Waals surface area contributed by atoms with Gasteiger partial charge in [-0.05, 0) is 12.5 Å². The van der Waals surface area contributed by atoms with Gasteiger partial charge >= 0.3 is 0 Å². The highest BCUT2D eigenvalue weighted by Crippen LogP contribution is 2.23. The molecule has 0 saturated heterocycles. The van der Waals surface area contributed by atoms with Crippen molar-refractivity contribution in [2.24, 2.45) is 0 Å². The molecule has 1 aromatic heterocycles. The number of halogens is 1. The van der Waals surface area contributed by atoms with E-state index in [9.17, 15) is 4.79 Å². The van der Waals surface area contributed by atoms with Crippen LogP contribution in [-0.4, -0.2) is 16.1 Å². The van der Waals surface area contributed by atoms with E-state index in [1.807, 2.05) is 37.3 Å². The number of nitrogens with one attached hydrogen (secondary N) is 1. The summed E-state index contributed by atoms with van der Waals surface area (Å²) in [7, 11) is 0. The van der Waals surface area contributed by atoms with Gasteiger partial charge in [0.15, 0.2) is 0 Å². The molecule has 88 valence electrons. The van der Waals surface area contributed by atoms with Gasteiger partial charge in [-0.3, -0.25) is 10.1 Å². The van der Waals surface area contributed by atoms with E-state index in [2.05, 4.69) is 15.5 Å². The molecule has 1 N–H and O–H groups in total. The molecule has 0 fully saturated rings. The summed E-state index contributed by atoms with van der Waals surface area (Å²) >= 11 is 7.37. The lowest BCUT2D eigenvalue weighted by atomic mass is 10.1. The van der Waals surface area contributed by atoms with Gasteiger partial charge in [0.05, 0.1) is 0 Å². The number of alkyl halides is 1. The summed E-state index contributed by atoms with van der Waals surface area (Å²) in [6, 6.07) is 9.17. The Labute approximate surface area is 108 Å². The minimum absolute atomic E-state index is 0.297. The Morgan fingerprint density at radius 3 is 2.65 bits per heavy atom. The van der Waals surface area contributed by atoms with E-state index in [1.165, 1.54) is 11.3 Å². The van der Waals surface area contributed by atoms with Gasteiger partial charge in [0, 0.05) is 0 Å². The van der Waals surface area contributed by atoms with E-state index in [4.69, 9.17) is 11.6 Å². The molecule has 2 aromatic rings. The van der Waals surface area contributed by atoms with Crippen molar-refractivity contribution >= 4 is 34.0 Å². The van der Waals surface area contributed by atoms with E-state index in [0.29, 0.717) is 5.13 Å². The quantitative estimate of drug-likeness (QED) is 0.870. The second kappa shape index (κ2) is 5.25. The molecule has 17 heavy (non-hydrogen) atoms. The van der Waals surface area contributed by atoms with E-state index in [-0.39, 0.29) is 5.91 Å². The summed E-state index contributed by atoms with van der Waals surface area (Å²) in [4.78, 5) is 11.8. The number of hydrogen-bond acceptors (Lipinski definition) is 4. The maximum atomic E-state index is 11.8. The Balaban J connectivity index is 2.06. The third kappa shape index (κ3) is 3.01. The van der Waals surface area contributed by atoms with Crippen LogP contribution in [-0.2, 0) is 4.79 Å². The molecule has 1 amide bonds. The molecule has 1 unspecified atom stereocenters. The van der Waals surface area contributed by atoms with Crippen LogP contribution in [0.3, 0.4) is 0 Å². The molecule has 6 heteroatoms. The molecule has 0 saturated carbocycles. The van der Waals surface area contributed by atoms with E-state index < -0.39 is 5.38 Å². The highest BCUT2D eigenvalue weighted by atomic mass is 35.5. The third-order valence-electron chi connectivity index (χ3n) is 2.08. The molecule has 1 aromatic carbocycles. The molecule has 0 aliphatic carbocycles. The number of aryl methyl sites for hydroxylation is 1. The molecule has 0 aliphatic rings. The van der Waals surface area contributed by atoms with Gasteiger partial charge in [-0.15, -0.1) is 21.8 Å². The summed E-state index contributed by atoms with van der Waals surface area (Å²) < 4.78 is 0. The summed E-state index contributed by atoms with van der Waals surface area (Å²) in [6.07, 6.45) is 0. The molecule has 1 atom stereocenters. The van der Waals surface area contributed by atoms with E-state index in [0.717, 1.165) is 10.6 Å². The summed E-state index contributed by atoms with van der Waals surface area (Å²) in [5, 5.41) is 10.8. The Morgan fingerprint density at radius 1 is 1.35 bits per heavy atom. The number of aromatic nitrogens is 2. The summed E-state index contributed by atoms with van der Waals surface area (Å²) in [5.74, 6) is -0.297. The van der Waals surface area contributed by atoms with Gasteiger partial charge in [-0.25, -0.2) is 0 Å². The van der Waals surface area contributed by atoms with Crippen molar-refractivity contribution in [3.05, 3.63) is 40.9 Å². The average Bonchev–Trinajstić information content (AvgIpc) is 2.75. The fraction of sp³-hybridized carbons (Fsp3) is 0.182.